The van der Waals surface area contributed by atoms with E-state index in [0.29, 0.717) is 12.8 Å². The van der Waals surface area contributed by atoms with E-state index in [1.807, 2.05) is 45.0 Å². The fourth-order valence-corrected chi connectivity index (χ4v) is 4.57. The molecule has 7 nitrogen and oxygen atoms in total. The Kier molecular flexibility index (Phi) is 8.54. The predicted octanol–water partition coefficient (Wildman–Crippen LogP) is 4.95. The van der Waals surface area contributed by atoms with Crippen LogP contribution in [0.2, 0.25) is 0 Å². The highest BCUT2D eigenvalue weighted by Crippen LogP contribution is 2.44. The zero-order valence-corrected chi connectivity index (χ0v) is 21.0. The third-order valence-corrected chi connectivity index (χ3v) is 6.28. The molecule has 2 aromatic carbocycles. The molecule has 188 valence electrons. The van der Waals surface area contributed by atoms with E-state index in [4.69, 9.17) is 9.84 Å². The van der Waals surface area contributed by atoms with Crippen molar-refractivity contribution in [3.63, 3.8) is 0 Å². The van der Waals surface area contributed by atoms with Crippen LogP contribution < -0.4 is 10.6 Å². The van der Waals surface area contributed by atoms with Crippen LogP contribution in [0.4, 0.5) is 4.79 Å². The van der Waals surface area contributed by atoms with Gasteiger partial charge in [-0.25, -0.2) is 4.79 Å². The van der Waals surface area contributed by atoms with Crippen LogP contribution >= 0.6 is 0 Å². The van der Waals surface area contributed by atoms with Gasteiger partial charge in [0.1, 0.15) is 6.61 Å². The number of carboxylic acids is 1. The van der Waals surface area contributed by atoms with Crippen LogP contribution in [0.1, 0.15) is 64.0 Å². The van der Waals surface area contributed by atoms with Gasteiger partial charge in [-0.05, 0) is 40.5 Å². The molecule has 1 aliphatic rings. The third kappa shape index (κ3) is 7.31. The summed E-state index contributed by atoms with van der Waals surface area (Å²) in [6, 6.07) is 15.9. The van der Waals surface area contributed by atoms with Crippen LogP contribution in [0.3, 0.4) is 0 Å². The summed E-state index contributed by atoms with van der Waals surface area (Å²) in [6.07, 6.45) is 0.498. The fraction of sp³-hybridized carbons (Fsp3) is 0.464. The number of rotatable bonds is 10. The van der Waals surface area contributed by atoms with Gasteiger partial charge in [-0.1, -0.05) is 76.2 Å². The first kappa shape index (κ1) is 26.3. The van der Waals surface area contributed by atoms with Crippen LogP contribution in [0, 0.1) is 11.3 Å². The Bertz CT molecular complexity index is 1010. The Balaban J connectivity index is 1.58. The van der Waals surface area contributed by atoms with Gasteiger partial charge in [0, 0.05) is 24.9 Å². The van der Waals surface area contributed by atoms with Gasteiger partial charge in [0.2, 0.25) is 5.91 Å². The lowest BCUT2D eigenvalue weighted by Crippen LogP contribution is -2.42. The maximum absolute atomic E-state index is 12.7. The number of alkyl carbamates (subject to hydrolysis) is 1. The van der Waals surface area contributed by atoms with Crippen molar-refractivity contribution in [3.8, 4) is 11.1 Å². The first-order valence-corrected chi connectivity index (χ1v) is 12.2. The summed E-state index contributed by atoms with van der Waals surface area (Å²) in [5, 5.41) is 14.6. The Morgan fingerprint density at radius 3 is 2.11 bits per heavy atom. The SMILES string of the molecule is CC(CCNC(=O)CC(CC(C)(C)C)NC(=O)OCC1c2ccccc2-c2ccccc21)C(=O)O. The molecule has 0 aliphatic heterocycles. The van der Waals surface area contributed by atoms with Crippen molar-refractivity contribution >= 4 is 18.0 Å². The highest BCUT2D eigenvalue weighted by Gasteiger charge is 2.30. The first-order valence-electron chi connectivity index (χ1n) is 12.2. The van der Waals surface area contributed by atoms with Crippen LogP contribution in [0.15, 0.2) is 48.5 Å². The number of benzene rings is 2. The average Bonchev–Trinajstić information content (AvgIpc) is 3.10. The zero-order chi connectivity index (χ0) is 25.6. The van der Waals surface area contributed by atoms with Gasteiger partial charge < -0.3 is 20.5 Å². The minimum absolute atomic E-state index is 0.0336. The lowest BCUT2D eigenvalue weighted by atomic mass is 9.87. The van der Waals surface area contributed by atoms with Gasteiger partial charge in [0.15, 0.2) is 0 Å². The van der Waals surface area contributed by atoms with Crippen molar-refractivity contribution in [2.75, 3.05) is 13.2 Å². The Labute approximate surface area is 207 Å². The topological polar surface area (TPSA) is 105 Å². The highest BCUT2D eigenvalue weighted by molar-refractivity contribution is 5.79. The molecule has 0 saturated carbocycles. The monoisotopic (exact) mass is 480 g/mol. The molecule has 7 heteroatoms. The van der Waals surface area contributed by atoms with E-state index < -0.39 is 24.0 Å². The van der Waals surface area contributed by atoms with Crippen LogP contribution in [0.5, 0.6) is 0 Å². The lowest BCUT2D eigenvalue weighted by Gasteiger charge is -2.26. The third-order valence-electron chi connectivity index (χ3n) is 6.28. The van der Waals surface area contributed by atoms with Gasteiger partial charge in [-0.3, -0.25) is 9.59 Å². The molecular weight excluding hydrogens is 444 g/mol. The molecule has 0 fully saturated rings. The Morgan fingerprint density at radius 2 is 1.57 bits per heavy atom. The van der Waals surface area contributed by atoms with E-state index >= 15 is 0 Å². The van der Waals surface area contributed by atoms with E-state index in [9.17, 15) is 14.4 Å². The minimum Gasteiger partial charge on any atom is -0.481 e. The summed E-state index contributed by atoms with van der Waals surface area (Å²) in [7, 11) is 0. The van der Waals surface area contributed by atoms with E-state index in [1.54, 1.807) is 6.92 Å². The van der Waals surface area contributed by atoms with Crippen LogP contribution in [0.25, 0.3) is 11.1 Å². The molecule has 0 saturated heterocycles. The Morgan fingerprint density at radius 1 is 1.00 bits per heavy atom. The van der Waals surface area contributed by atoms with Crippen molar-refractivity contribution in [3.05, 3.63) is 59.7 Å². The normalized spacial score (nSPS) is 14.4. The van der Waals surface area contributed by atoms with Crippen molar-refractivity contribution in [2.45, 2.75) is 58.9 Å². The van der Waals surface area contributed by atoms with Gasteiger partial charge in [0.05, 0.1) is 5.92 Å². The molecular formula is C28H36N2O5. The minimum atomic E-state index is -0.887. The van der Waals surface area contributed by atoms with Gasteiger partial charge in [0.25, 0.3) is 0 Å². The number of nitrogens with one attached hydrogen (secondary N) is 2. The quantitative estimate of drug-likeness (QED) is 0.446. The number of amides is 2. The molecule has 2 atom stereocenters. The van der Waals surface area contributed by atoms with E-state index in [0.717, 1.165) is 22.3 Å². The molecule has 35 heavy (non-hydrogen) atoms. The van der Waals surface area contributed by atoms with Crippen molar-refractivity contribution in [2.24, 2.45) is 11.3 Å². The molecule has 2 amide bonds. The second-order valence-electron chi connectivity index (χ2n) is 10.5. The smallest absolute Gasteiger partial charge is 0.407 e. The summed E-state index contributed by atoms with van der Waals surface area (Å²) in [4.78, 5) is 36.2. The number of hydrogen-bond donors (Lipinski definition) is 3. The summed E-state index contributed by atoms with van der Waals surface area (Å²) < 4.78 is 5.66. The molecule has 0 radical (unpaired) electrons. The lowest BCUT2D eigenvalue weighted by molar-refractivity contribution is -0.141. The van der Waals surface area contributed by atoms with Crippen molar-refractivity contribution < 1.29 is 24.2 Å². The van der Waals surface area contributed by atoms with Crippen molar-refractivity contribution in [1.82, 2.24) is 10.6 Å². The highest BCUT2D eigenvalue weighted by atomic mass is 16.5. The summed E-state index contributed by atoms with van der Waals surface area (Å²) >= 11 is 0. The molecule has 0 spiro atoms. The average molecular weight is 481 g/mol. The number of ether oxygens (including phenoxy) is 1. The molecule has 3 N–H and O–H groups in total. The summed E-state index contributed by atoms with van der Waals surface area (Å²) in [5.41, 5.74) is 4.50. The predicted molar refractivity (Wildman–Crippen MR) is 135 cm³/mol. The number of carbonyl (C=O) groups is 3. The standard InChI is InChI=1S/C28H36N2O5/c1-18(26(32)33)13-14-29-25(31)15-19(16-28(2,3)4)30-27(34)35-17-24-22-11-7-5-9-20(22)21-10-6-8-12-23(21)24/h5-12,18-19,24H,13-17H2,1-4H3,(H,29,31)(H,30,34)(H,32,33). The van der Waals surface area contributed by atoms with Crippen LogP contribution in [-0.2, 0) is 14.3 Å². The Hall–Kier alpha value is -3.35. The summed E-state index contributed by atoms with van der Waals surface area (Å²) in [5.74, 6) is -1.68. The maximum Gasteiger partial charge on any atom is 0.407 e. The number of hydrogen-bond acceptors (Lipinski definition) is 4. The molecule has 0 heterocycles. The second-order valence-corrected chi connectivity index (χ2v) is 10.5. The maximum atomic E-state index is 12.7. The number of aliphatic carboxylic acids is 1. The van der Waals surface area contributed by atoms with E-state index in [2.05, 4.69) is 34.9 Å². The molecule has 3 rings (SSSR count). The number of carbonyl (C=O) groups excluding carboxylic acids is 2. The van der Waals surface area contributed by atoms with E-state index in [1.165, 1.54) is 0 Å². The summed E-state index contributed by atoms with van der Waals surface area (Å²) in [6.45, 7) is 8.24. The zero-order valence-electron chi connectivity index (χ0n) is 21.0. The largest absolute Gasteiger partial charge is 0.481 e. The number of fused-ring (bicyclic) bond motifs is 3. The molecule has 2 unspecified atom stereocenters. The van der Waals surface area contributed by atoms with Crippen LogP contribution in [-0.4, -0.2) is 42.3 Å². The van der Waals surface area contributed by atoms with Gasteiger partial charge in [-0.15, -0.1) is 0 Å². The molecule has 0 aromatic heterocycles. The molecule has 0 bridgehead atoms. The number of carboxylic acid groups (broad SMARTS) is 1. The fourth-order valence-electron chi connectivity index (χ4n) is 4.57. The van der Waals surface area contributed by atoms with E-state index in [-0.39, 0.29) is 36.8 Å². The molecule has 2 aromatic rings. The van der Waals surface area contributed by atoms with Gasteiger partial charge >= 0.3 is 12.1 Å². The van der Waals surface area contributed by atoms with Crippen molar-refractivity contribution in [1.29, 1.82) is 0 Å². The first-order chi connectivity index (χ1) is 16.5. The molecule has 1 aliphatic carbocycles. The second kappa shape index (κ2) is 11.4. The van der Waals surface area contributed by atoms with Gasteiger partial charge in [-0.2, -0.15) is 0 Å².